The number of rotatable bonds is 15. The van der Waals surface area contributed by atoms with Gasteiger partial charge in [0.05, 0.1) is 37.4 Å². The molecule has 0 radical (unpaired) electrons. The van der Waals surface area contributed by atoms with Crippen molar-refractivity contribution in [1.29, 1.82) is 0 Å². The van der Waals surface area contributed by atoms with Crippen molar-refractivity contribution in [3.8, 4) is 5.75 Å². The second-order valence-corrected chi connectivity index (χ2v) is 16.3. The Morgan fingerprint density at radius 1 is 1.00 bits per heavy atom. The predicted octanol–water partition coefficient (Wildman–Crippen LogP) is 4.31. The molecule has 1 aromatic carbocycles. The highest BCUT2D eigenvalue weighted by atomic mass is 31.2. The van der Waals surface area contributed by atoms with Crippen LogP contribution in [0.4, 0.5) is 5.82 Å². The summed E-state index contributed by atoms with van der Waals surface area (Å²) in [5, 5.41) is 7.06. The van der Waals surface area contributed by atoms with E-state index < -0.39 is 67.4 Å². The molecule has 0 bridgehead atoms. The van der Waals surface area contributed by atoms with E-state index in [-0.39, 0.29) is 36.7 Å². The second-order valence-electron chi connectivity index (χ2n) is 14.6. The van der Waals surface area contributed by atoms with Crippen molar-refractivity contribution in [2.75, 3.05) is 25.6 Å². The second kappa shape index (κ2) is 16.5. The number of benzene rings is 1. The standard InChI is InChI=1S/C36H51N6O10P/c1-22(2)31(43)50-34-35(6,48-20-36(34,51-32(44)23(3)4)29-17-16-28-30(38)39-21-40-42(28)29)19-49-53(46,52-27-10-8-7-9-11-27)41-24(5)33(45)47-18-25-12-14-26(37)15-13-25/h7-11,16-17,21-26,34H,12-15,18-20,37H2,1-6H3,(H,41,46)(H2,38,39,40)/t24-,25?,26?,34+,35+,36+,53?/m0/s1. The third-order valence-corrected chi connectivity index (χ3v) is 11.1. The third-order valence-electron chi connectivity index (χ3n) is 9.52. The fourth-order valence-corrected chi connectivity index (χ4v) is 7.90. The quantitative estimate of drug-likeness (QED) is 0.112. The first-order valence-electron chi connectivity index (χ1n) is 17.9. The van der Waals surface area contributed by atoms with Crippen molar-refractivity contribution in [3.05, 3.63) is 54.5 Å². The van der Waals surface area contributed by atoms with Crippen LogP contribution < -0.4 is 21.1 Å². The van der Waals surface area contributed by atoms with E-state index in [4.69, 9.17) is 39.5 Å². The Hall–Kier alpha value is -4.08. The summed E-state index contributed by atoms with van der Waals surface area (Å²) >= 11 is 0. The number of nitrogen functional groups attached to an aromatic ring is 1. The molecule has 3 heterocycles. The molecule has 1 unspecified atom stereocenters. The first-order valence-corrected chi connectivity index (χ1v) is 19.5. The zero-order valence-corrected chi connectivity index (χ0v) is 32.0. The molecule has 1 aliphatic heterocycles. The molecule has 0 amide bonds. The lowest BCUT2D eigenvalue weighted by atomic mass is 9.85. The largest absolute Gasteiger partial charge is 0.464 e. The van der Waals surface area contributed by atoms with Crippen molar-refractivity contribution in [2.24, 2.45) is 23.5 Å². The lowest BCUT2D eigenvalue weighted by Crippen LogP contribution is -2.55. The van der Waals surface area contributed by atoms with E-state index in [1.54, 1.807) is 77.1 Å². The Balaban J connectivity index is 1.46. The Bertz CT molecular complexity index is 1800. The molecule has 5 N–H and O–H groups in total. The van der Waals surface area contributed by atoms with Gasteiger partial charge in [0.2, 0.25) is 5.60 Å². The molecule has 53 heavy (non-hydrogen) atoms. The zero-order chi connectivity index (χ0) is 38.6. The van der Waals surface area contributed by atoms with E-state index in [0.29, 0.717) is 11.2 Å². The molecule has 1 saturated carbocycles. The number of hydrogen-bond acceptors (Lipinski definition) is 14. The molecule has 2 aromatic heterocycles. The summed E-state index contributed by atoms with van der Waals surface area (Å²) in [6.07, 6.45) is 3.29. The maximum absolute atomic E-state index is 14.6. The van der Waals surface area contributed by atoms with Crippen molar-refractivity contribution in [2.45, 2.75) is 96.6 Å². The highest BCUT2D eigenvalue weighted by molar-refractivity contribution is 7.52. The van der Waals surface area contributed by atoms with Gasteiger partial charge in [-0.2, -0.15) is 10.2 Å². The molecule has 2 aliphatic rings. The van der Waals surface area contributed by atoms with E-state index in [0.717, 1.165) is 25.7 Å². The maximum Gasteiger partial charge on any atom is 0.459 e. The number of esters is 3. The number of fused-ring (bicyclic) bond motifs is 1. The minimum atomic E-state index is -4.42. The number of aromatic nitrogens is 3. The molecule has 290 valence electrons. The van der Waals surface area contributed by atoms with Crippen LogP contribution in [0.15, 0.2) is 48.8 Å². The molecule has 17 heteroatoms. The van der Waals surface area contributed by atoms with Crippen molar-refractivity contribution in [3.63, 3.8) is 0 Å². The molecule has 16 nitrogen and oxygen atoms in total. The normalized spacial score (nSPS) is 26.2. The van der Waals surface area contributed by atoms with Crippen LogP contribution in [0.1, 0.15) is 72.9 Å². The van der Waals surface area contributed by atoms with Crippen LogP contribution in [0.3, 0.4) is 0 Å². The summed E-state index contributed by atoms with van der Waals surface area (Å²) in [6.45, 7) is 9.09. The SMILES string of the molecule is CC(C)C(=O)O[C@@H]1[C@@](C)(COP(=O)(N[C@@H](C)C(=O)OCC2CCC(N)CC2)Oc2ccccc2)OC[C@@]1(OC(=O)C(C)C)c1ccc2c(N)ncnn12. The van der Waals surface area contributed by atoms with Crippen molar-refractivity contribution in [1.82, 2.24) is 19.7 Å². The van der Waals surface area contributed by atoms with Crippen LogP contribution >= 0.6 is 7.75 Å². The number of carbonyl (C=O) groups is 3. The Morgan fingerprint density at radius 2 is 1.68 bits per heavy atom. The fraction of sp³-hybridized carbons (Fsp3) is 0.583. The summed E-state index contributed by atoms with van der Waals surface area (Å²) in [6, 6.07) is 10.6. The average molecular weight is 759 g/mol. The number of para-hydroxylation sites is 1. The number of ether oxygens (including phenoxy) is 4. The Morgan fingerprint density at radius 3 is 2.34 bits per heavy atom. The molecule has 2 fully saturated rings. The van der Waals surface area contributed by atoms with Gasteiger partial charge in [-0.05, 0) is 69.7 Å². The molecular weight excluding hydrogens is 707 g/mol. The third kappa shape index (κ3) is 9.18. The molecule has 0 spiro atoms. The topological polar surface area (TPSA) is 218 Å². The highest BCUT2D eigenvalue weighted by Gasteiger charge is 2.64. The highest BCUT2D eigenvalue weighted by Crippen LogP contribution is 2.51. The van der Waals surface area contributed by atoms with Gasteiger partial charge in [-0.3, -0.25) is 18.9 Å². The van der Waals surface area contributed by atoms with Crippen LogP contribution in [0.5, 0.6) is 5.75 Å². The van der Waals surface area contributed by atoms with E-state index in [1.807, 2.05) is 0 Å². The molecular formula is C36H51N6O10P. The van der Waals surface area contributed by atoms with Crippen LogP contribution in [0.25, 0.3) is 5.52 Å². The first kappa shape index (κ1) is 40.1. The van der Waals surface area contributed by atoms with Crippen LogP contribution in [-0.2, 0) is 48.0 Å². The minimum Gasteiger partial charge on any atom is -0.464 e. The van der Waals surface area contributed by atoms with Crippen LogP contribution in [0.2, 0.25) is 0 Å². The van der Waals surface area contributed by atoms with Crippen molar-refractivity contribution >= 4 is 37.0 Å². The molecule has 3 aromatic rings. The van der Waals surface area contributed by atoms with Gasteiger partial charge in [-0.1, -0.05) is 45.9 Å². The van der Waals surface area contributed by atoms with Crippen molar-refractivity contribution < 1.29 is 46.9 Å². The van der Waals surface area contributed by atoms with Gasteiger partial charge in [0, 0.05) is 6.04 Å². The van der Waals surface area contributed by atoms with Gasteiger partial charge >= 0.3 is 25.7 Å². The lowest BCUT2D eigenvalue weighted by molar-refractivity contribution is -0.193. The number of nitrogens with two attached hydrogens (primary N) is 2. The van der Waals surface area contributed by atoms with E-state index in [2.05, 4.69) is 15.2 Å². The van der Waals surface area contributed by atoms with Gasteiger partial charge in [0.15, 0.2) is 11.9 Å². The summed E-state index contributed by atoms with van der Waals surface area (Å²) in [4.78, 5) is 44.0. The van der Waals surface area contributed by atoms with Gasteiger partial charge < -0.3 is 34.9 Å². The summed E-state index contributed by atoms with van der Waals surface area (Å²) < 4.78 is 52.4. The maximum atomic E-state index is 14.6. The average Bonchev–Trinajstić information content (AvgIpc) is 3.68. The van der Waals surface area contributed by atoms with Gasteiger partial charge in [0.1, 0.15) is 29.2 Å². The molecule has 5 rings (SSSR count). The zero-order valence-electron chi connectivity index (χ0n) is 31.1. The number of carbonyl (C=O) groups excluding carboxylic acids is 3. The molecule has 1 saturated heterocycles. The number of nitrogens with zero attached hydrogens (tertiary/aromatic N) is 3. The Labute approximate surface area is 309 Å². The molecule has 1 aliphatic carbocycles. The predicted molar refractivity (Wildman–Crippen MR) is 193 cm³/mol. The van der Waals surface area contributed by atoms with Gasteiger partial charge in [-0.15, -0.1) is 0 Å². The monoisotopic (exact) mass is 758 g/mol. The number of anilines is 1. The van der Waals surface area contributed by atoms with Crippen LogP contribution in [0, 0.1) is 17.8 Å². The van der Waals surface area contributed by atoms with Gasteiger partial charge in [-0.25, -0.2) is 14.1 Å². The fourth-order valence-electron chi connectivity index (χ4n) is 6.31. The first-order chi connectivity index (χ1) is 25.1. The van der Waals surface area contributed by atoms with Crippen LogP contribution in [-0.4, -0.2) is 76.1 Å². The van der Waals surface area contributed by atoms with E-state index in [9.17, 15) is 18.9 Å². The smallest absolute Gasteiger partial charge is 0.459 e. The van der Waals surface area contributed by atoms with Gasteiger partial charge in [0.25, 0.3) is 0 Å². The molecule has 5 atom stereocenters. The number of hydrogen-bond donors (Lipinski definition) is 3. The minimum absolute atomic E-state index is 0.155. The van der Waals surface area contributed by atoms with E-state index >= 15 is 0 Å². The van der Waals surface area contributed by atoms with E-state index in [1.165, 1.54) is 17.8 Å². The Kier molecular flexibility index (Phi) is 12.5. The number of nitrogens with one attached hydrogen (secondary N) is 1. The summed E-state index contributed by atoms with van der Waals surface area (Å²) in [5.41, 5.74) is 9.47. The summed E-state index contributed by atoms with van der Waals surface area (Å²) in [5.74, 6) is -2.50. The lowest BCUT2D eigenvalue weighted by Gasteiger charge is -2.38. The summed E-state index contributed by atoms with van der Waals surface area (Å²) in [7, 11) is -4.42.